The number of aryl methyl sites for hydroxylation is 1. The number of rotatable bonds is 7. The fourth-order valence-corrected chi connectivity index (χ4v) is 3.50. The van der Waals surface area contributed by atoms with Crippen LogP contribution in [0.4, 0.5) is 0 Å². The Morgan fingerprint density at radius 1 is 1.43 bits per heavy atom. The van der Waals surface area contributed by atoms with Crippen molar-refractivity contribution in [2.75, 3.05) is 0 Å². The molecule has 0 bridgehead atoms. The lowest BCUT2D eigenvalue weighted by atomic mass is 9.99. The Hall–Kier alpha value is -1.47. The molecule has 0 unspecified atom stereocenters. The number of carbonyl (C=O) groups is 2. The molecule has 2 N–H and O–H groups in total. The van der Waals surface area contributed by atoms with E-state index in [-0.39, 0.29) is 18.2 Å². The molecule has 1 aromatic carbocycles. The summed E-state index contributed by atoms with van der Waals surface area (Å²) in [5.74, 6) is -1.34. The minimum Gasteiger partial charge on any atom is -0.480 e. The highest BCUT2D eigenvalue weighted by Crippen LogP contribution is 2.25. The Bertz CT molecular complexity index is 716. The van der Waals surface area contributed by atoms with Crippen molar-refractivity contribution in [2.45, 2.75) is 39.2 Å². The molecule has 2 aromatic rings. The average Bonchev–Trinajstić information content (AvgIpc) is 2.91. The number of aliphatic carboxylic acids is 1. The van der Waals surface area contributed by atoms with Crippen molar-refractivity contribution < 1.29 is 14.7 Å². The van der Waals surface area contributed by atoms with Gasteiger partial charge >= 0.3 is 5.97 Å². The predicted octanol–water partition coefficient (Wildman–Crippen LogP) is 3.61. The van der Waals surface area contributed by atoms with Gasteiger partial charge in [-0.05, 0) is 24.1 Å². The van der Waals surface area contributed by atoms with Crippen LogP contribution in [-0.2, 0) is 16.0 Å². The Morgan fingerprint density at radius 2 is 2.17 bits per heavy atom. The standard InChI is InChI=1S/C16H19BrN2O3S/c1-3-9(2)15(16(21)22)19-13(20)6-7-14-18-11-8-10(17)4-5-12(11)23-14/h4-5,8-9,15H,3,6-7H2,1-2H3,(H,19,20)(H,21,22)/t9-,15-/m0/s1. The summed E-state index contributed by atoms with van der Waals surface area (Å²) < 4.78 is 2.05. The second-order valence-corrected chi connectivity index (χ2v) is 7.52. The Kier molecular flexibility index (Phi) is 6.12. The topological polar surface area (TPSA) is 79.3 Å². The number of thiazole rings is 1. The van der Waals surface area contributed by atoms with Gasteiger partial charge in [-0.25, -0.2) is 9.78 Å². The van der Waals surface area contributed by atoms with Crippen molar-refractivity contribution in [3.8, 4) is 0 Å². The molecule has 124 valence electrons. The van der Waals surface area contributed by atoms with Crippen molar-refractivity contribution in [1.82, 2.24) is 10.3 Å². The summed E-state index contributed by atoms with van der Waals surface area (Å²) in [6, 6.07) is 5.06. The van der Waals surface area contributed by atoms with Crippen LogP contribution in [-0.4, -0.2) is 28.0 Å². The monoisotopic (exact) mass is 398 g/mol. The van der Waals surface area contributed by atoms with Gasteiger partial charge in [0.05, 0.1) is 15.2 Å². The quantitative estimate of drug-likeness (QED) is 0.746. The van der Waals surface area contributed by atoms with E-state index in [2.05, 4.69) is 26.2 Å². The maximum absolute atomic E-state index is 12.0. The lowest BCUT2D eigenvalue weighted by Gasteiger charge is -2.19. The van der Waals surface area contributed by atoms with Gasteiger partial charge in [0.15, 0.2) is 0 Å². The zero-order valence-electron chi connectivity index (χ0n) is 13.0. The largest absolute Gasteiger partial charge is 0.480 e. The van der Waals surface area contributed by atoms with E-state index in [4.69, 9.17) is 0 Å². The summed E-state index contributed by atoms with van der Waals surface area (Å²) >= 11 is 4.97. The van der Waals surface area contributed by atoms with Crippen molar-refractivity contribution >= 4 is 49.4 Å². The van der Waals surface area contributed by atoms with Crippen LogP contribution in [0.25, 0.3) is 10.2 Å². The Labute approximate surface area is 147 Å². The molecule has 0 fully saturated rings. The smallest absolute Gasteiger partial charge is 0.326 e. The second kappa shape index (κ2) is 7.88. The molecular weight excluding hydrogens is 380 g/mol. The third-order valence-corrected chi connectivity index (χ3v) is 5.34. The van der Waals surface area contributed by atoms with E-state index in [0.29, 0.717) is 12.8 Å². The fraction of sp³-hybridized carbons (Fsp3) is 0.438. The molecule has 1 aromatic heterocycles. The highest BCUT2D eigenvalue weighted by atomic mass is 79.9. The zero-order chi connectivity index (χ0) is 17.0. The zero-order valence-corrected chi connectivity index (χ0v) is 15.4. The number of hydrogen-bond acceptors (Lipinski definition) is 4. The minimum absolute atomic E-state index is 0.101. The SMILES string of the molecule is CC[C@H](C)[C@H](NC(=O)CCc1nc2cc(Br)ccc2s1)C(=O)O. The normalized spacial score (nSPS) is 13.7. The lowest BCUT2D eigenvalue weighted by Crippen LogP contribution is -2.45. The van der Waals surface area contributed by atoms with Gasteiger partial charge < -0.3 is 10.4 Å². The molecule has 0 radical (unpaired) electrons. The average molecular weight is 399 g/mol. The number of benzene rings is 1. The first-order valence-corrected chi connectivity index (χ1v) is 9.08. The molecule has 0 aliphatic heterocycles. The number of carboxylic acids is 1. The first kappa shape index (κ1) is 17.9. The molecule has 0 saturated heterocycles. The summed E-state index contributed by atoms with van der Waals surface area (Å²) in [6.45, 7) is 3.73. The number of fused-ring (bicyclic) bond motifs is 1. The van der Waals surface area contributed by atoms with Crippen LogP contribution in [0.2, 0.25) is 0 Å². The molecule has 0 aliphatic rings. The summed E-state index contributed by atoms with van der Waals surface area (Å²) in [4.78, 5) is 27.7. The number of amides is 1. The van der Waals surface area contributed by atoms with Crippen molar-refractivity contribution in [3.63, 3.8) is 0 Å². The van der Waals surface area contributed by atoms with Crippen LogP contribution in [0.3, 0.4) is 0 Å². The van der Waals surface area contributed by atoms with Gasteiger partial charge in [-0.3, -0.25) is 4.79 Å². The number of carboxylic acid groups (broad SMARTS) is 1. The minimum atomic E-state index is -0.988. The van der Waals surface area contributed by atoms with Crippen molar-refractivity contribution in [1.29, 1.82) is 0 Å². The van der Waals surface area contributed by atoms with Crippen LogP contribution in [0.1, 0.15) is 31.7 Å². The van der Waals surface area contributed by atoms with Crippen LogP contribution in [0.15, 0.2) is 22.7 Å². The van der Waals surface area contributed by atoms with E-state index >= 15 is 0 Å². The summed E-state index contributed by atoms with van der Waals surface area (Å²) in [7, 11) is 0. The molecule has 1 amide bonds. The number of nitrogens with zero attached hydrogens (tertiary/aromatic N) is 1. The summed E-state index contributed by atoms with van der Waals surface area (Å²) in [5, 5.41) is 12.7. The Balaban J connectivity index is 1.95. The van der Waals surface area contributed by atoms with Crippen LogP contribution < -0.4 is 5.32 Å². The molecule has 2 rings (SSSR count). The molecule has 2 atom stereocenters. The molecule has 0 aliphatic carbocycles. The number of carbonyl (C=O) groups excluding carboxylic acids is 1. The molecule has 23 heavy (non-hydrogen) atoms. The van der Waals surface area contributed by atoms with Gasteiger partial charge in [0.25, 0.3) is 0 Å². The molecule has 0 saturated carbocycles. The molecular formula is C16H19BrN2O3S. The van der Waals surface area contributed by atoms with Gasteiger partial charge in [0.1, 0.15) is 6.04 Å². The molecule has 7 heteroatoms. The summed E-state index contributed by atoms with van der Waals surface area (Å²) in [5.41, 5.74) is 0.905. The molecule has 1 heterocycles. The lowest BCUT2D eigenvalue weighted by molar-refractivity contribution is -0.143. The molecule has 0 spiro atoms. The van der Waals surface area contributed by atoms with Crippen molar-refractivity contribution in [3.05, 3.63) is 27.7 Å². The van der Waals surface area contributed by atoms with Crippen molar-refractivity contribution in [2.24, 2.45) is 5.92 Å². The maximum atomic E-state index is 12.0. The van der Waals surface area contributed by atoms with E-state index < -0.39 is 12.0 Å². The molecule has 5 nitrogen and oxygen atoms in total. The van der Waals surface area contributed by atoms with Gasteiger partial charge in [-0.2, -0.15) is 0 Å². The van der Waals surface area contributed by atoms with E-state index in [9.17, 15) is 14.7 Å². The number of aromatic nitrogens is 1. The highest BCUT2D eigenvalue weighted by molar-refractivity contribution is 9.10. The van der Waals surface area contributed by atoms with E-state index in [1.165, 1.54) is 0 Å². The van der Waals surface area contributed by atoms with Gasteiger partial charge in [-0.15, -0.1) is 11.3 Å². The van der Waals surface area contributed by atoms with E-state index in [1.54, 1.807) is 11.3 Å². The second-order valence-electron chi connectivity index (χ2n) is 5.49. The van der Waals surface area contributed by atoms with Gasteiger partial charge in [-0.1, -0.05) is 36.2 Å². The first-order chi connectivity index (χ1) is 10.9. The third-order valence-electron chi connectivity index (χ3n) is 3.76. The van der Waals surface area contributed by atoms with E-state index in [0.717, 1.165) is 19.7 Å². The van der Waals surface area contributed by atoms with Crippen LogP contribution in [0, 0.1) is 5.92 Å². The maximum Gasteiger partial charge on any atom is 0.326 e. The van der Waals surface area contributed by atoms with Crippen LogP contribution in [0.5, 0.6) is 0 Å². The summed E-state index contributed by atoms with van der Waals surface area (Å²) in [6.07, 6.45) is 1.45. The van der Waals surface area contributed by atoms with Crippen LogP contribution >= 0.6 is 27.3 Å². The van der Waals surface area contributed by atoms with Gasteiger partial charge in [0.2, 0.25) is 5.91 Å². The number of nitrogens with one attached hydrogen (secondary N) is 1. The number of halogens is 1. The number of hydrogen-bond donors (Lipinski definition) is 2. The Morgan fingerprint density at radius 3 is 2.83 bits per heavy atom. The van der Waals surface area contributed by atoms with E-state index in [1.807, 2.05) is 32.0 Å². The fourth-order valence-electron chi connectivity index (χ4n) is 2.20. The highest BCUT2D eigenvalue weighted by Gasteiger charge is 2.25. The predicted molar refractivity (Wildman–Crippen MR) is 94.7 cm³/mol. The third kappa shape index (κ3) is 4.75. The first-order valence-electron chi connectivity index (χ1n) is 7.47. The van der Waals surface area contributed by atoms with Gasteiger partial charge in [0, 0.05) is 17.3 Å².